The fourth-order valence-corrected chi connectivity index (χ4v) is 7.70. The summed E-state index contributed by atoms with van der Waals surface area (Å²) < 4.78 is 20.1. The number of allylic oxidation sites excluding steroid dienone is 2. The van der Waals surface area contributed by atoms with E-state index < -0.39 is 11.9 Å². The molecule has 46 heavy (non-hydrogen) atoms. The molecule has 0 aromatic heterocycles. The lowest BCUT2D eigenvalue weighted by Crippen LogP contribution is -2.48. The number of amides is 1. The van der Waals surface area contributed by atoms with E-state index in [4.69, 9.17) is 4.74 Å². The van der Waals surface area contributed by atoms with Crippen LogP contribution in [-0.2, 0) is 16.0 Å². The Hall–Kier alpha value is -3.52. The summed E-state index contributed by atoms with van der Waals surface area (Å²) in [5, 5.41) is 10.7. The Morgan fingerprint density at radius 3 is 2.65 bits per heavy atom. The average Bonchev–Trinajstić information content (AvgIpc) is 3.63. The van der Waals surface area contributed by atoms with E-state index in [9.17, 15) is 19.1 Å². The normalized spacial score (nSPS) is 22.5. The van der Waals surface area contributed by atoms with E-state index >= 15 is 0 Å². The molecule has 1 amide bonds. The van der Waals surface area contributed by atoms with Crippen molar-refractivity contribution >= 4 is 23.8 Å². The van der Waals surface area contributed by atoms with Gasteiger partial charge in [-0.05, 0) is 98.9 Å². The van der Waals surface area contributed by atoms with Crippen LogP contribution in [0.1, 0.15) is 94.2 Å². The maximum atomic E-state index is 14.5. The molecule has 0 saturated carbocycles. The molecule has 8 heteroatoms. The second-order valence-corrected chi connectivity index (χ2v) is 13.2. The van der Waals surface area contributed by atoms with Crippen LogP contribution in [0.25, 0.3) is 0 Å². The minimum atomic E-state index is -0.823. The second-order valence-electron chi connectivity index (χ2n) is 13.2. The molecular formula is C38H50FN3O4. The van der Waals surface area contributed by atoms with Gasteiger partial charge < -0.3 is 14.7 Å². The van der Waals surface area contributed by atoms with Crippen molar-refractivity contribution in [1.29, 1.82) is 0 Å². The molecule has 0 unspecified atom stereocenters. The SMILES string of the molecule is CCCC(CCC)N(C(=O)CN1C[C@H](c2ccc3c(c2)CCO3)[C@@H](C(=O)O)[C@@H]1CC/C1=C/C=NCCCC1)c1ccc(F)c(C)c1. The Kier molecular flexibility index (Phi) is 11.7. The van der Waals surface area contributed by atoms with Crippen molar-refractivity contribution in [2.45, 2.75) is 103 Å². The summed E-state index contributed by atoms with van der Waals surface area (Å²) in [6.07, 6.45) is 12.8. The van der Waals surface area contributed by atoms with Gasteiger partial charge in [-0.25, -0.2) is 4.39 Å². The zero-order valence-electron chi connectivity index (χ0n) is 27.7. The molecule has 3 heterocycles. The number of nitrogens with zero attached hydrogens (tertiary/aromatic N) is 3. The minimum absolute atomic E-state index is 0.0180. The van der Waals surface area contributed by atoms with Crippen molar-refractivity contribution in [2.75, 3.05) is 31.1 Å². The summed E-state index contributed by atoms with van der Waals surface area (Å²) in [6.45, 7) is 8.05. The maximum absolute atomic E-state index is 14.5. The Bertz CT molecular complexity index is 1430. The molecule has 3 aliphatic rings. The van der Waals surface area contributed by atoms with Gasteiger partial charge >= 0.3 is 5.97 Å². The third-order valence-corrected chi connectivity index (χ3v) is 10.0. The third kappa shape index (κ3) is 7.88. The van der Waals surface area contributed by atoms with Crippen LogP contribution >= 0.6 is 0 Å². The highest BCUT2D eigenvalue weighted by atomic mass is 19.1. The maximum Gasteiger partial charge on any atom is 0.308 e. The van der Waals surface area contributed by atoms with Crippen LogP contribution in [0.15, 0.2) is 53.0 Å². The monoisotopic (exact) mass is 631 g/mol. The molecule has 1 N–H and O–H groups in total. The number of hydrogen-bond acceptors (Lipinski definition) is 5. The number of aryl methyl sites for hydroxylation is 1. The van der Waals surface area contributed by atoms with Gasteiger partial charge in [0.1, 0.15) is 11.6 Å². The average molecular weight is 632 g/mol. The Morgan fingerprint density at radius 1 is 1.11 bits per heavy atom. The highest BCUT2D eigenvalue weighted by Gasteiger charge is 2.47. The van der Waals surface area contributed by atoms with Crippen LogP contribution in [0.5, 0.6) is 5.75 Å². The molecule has 0 spiro atoms. The van der Waals surface area contributed by atoms with Gasteiger partial charge in [0.05, 0.1) is 19.1 Å². The Labute approximate surface area is 273 Å². The zero-order chi connectivity index (χ0) is 32.6. The molecule has 1 fully saturated rings. The van der Waals surface area contributed by atoms with Crippen molar-refractivity contribution in [3.05, 3.63) is 70.6 Å². The zero-order valence-corrected chi connectivity index (χ0v) is 27.7. The number of likely N-dealkylation sites (tertiary alicyclic amines) is 1. The summed E-state index contributed by atoms with van der Waals surface area (Å²) >= 11 is 0. The third-order valence-electron chi connectivity index (χ3n) is 10.0. The smallest absolute Gasteiger partial charge is 0.308 e. The van der Waals surface area contributed by atoms with Gasteiger partial charge in [0.25, 0.3) is 0 Å². The first-order chi connectivity index (χ1) is 22.3. The number of carboxylic acids is 1. The van der Waals surface area contributed by atoms with Gasteiger partial charge in [0.15, 0.2) is 0 Å². The number of benzene rings is 2. The highest BCUT2D eigenvalue weighted by Crippen LogP contribution is 2.42. The second kappa shape index (κ2) is 15.9. The Balaban J connectivity index is 1.48. The molecular weight excluding hydrogens is 581 g/mol. The van der Waals surface area contributed by atoms with Crippen molar-refractivity contribution in [2.24, 2.45) is 10.9 Å². The number of carbonyl (C=O) groups is 2. The van der Waals surface area contributed by atoms with Crippen LogP contribution in [0.2, 0.25) is 0 Å². The van der Waals surface area contributed by atoms with Crippen molar-refractivity contribution < 1.29 is 23.8 Å². The number of carbonyl (C=O) groups excluding carboxylic acids is 1. The van der Waals surface area contributed by atoms with Gasteiger partial charge in [-0.2, -0.15) is 0 Å². The lowest BCUT2D eigenvalue weighted by molar-refractivity contribution is -0.143. The summed E-state index contributed by atoms with van der Waals surface area (Å²) in [4.78, 5) is 36.1. The van der Waals surface area contributed by atoms with Gasteiger partial charge in [-0.15, -0.1) is 0 Å². The first kappa shape index (κ1) is 33.8. The minimum Gasteiger partial charge on any atom is -0.493 e. The summed E-state index contributed by atoms with van der Waals surface area (Å²) in [6, 6.07) is 10.7. The molecule has 0 bridgehead atoms. The number of anilines is 1. The molecule has 3 aliphatic heterocycles. The van der Waals surface area contributed by atoms with E-state index in [2.05, 4.69) is 35.9 Å². The standard InChI is InChI=1S/C38H50FN3O4/c1-4-8-30(9-5-2)42(31-13-14-33(39)26(3)22-31)36(43)25-41-24-32(28-12-16-35-29(23-28)18-21-46-35)37(38(44)45)34(41)15-11-27-10-6-7-19-40-20-17-27/h12-14,16-17,20,22-23,30,32,34,37H,4-11,15,18-19,21,24-25H2,1-3H3,(H,44,45)/b27-17+,40-20?/t32-,34+,37-/m1/s1. The summed E-state index contributed by atoms with van der Waals surface area (Å²) in [5.41, 5.74) is 4.60. The molecule has 7 nitrogen and oxygen atoms in total. The van der Waals surface area contributed by atoms with Crippen LogP contribution in [0.4, 0.5) is 10.1 Å². The van der Waals surface area contributed by atoms with Crippen LogP contribution < -0.4 is 9.64 Å². The summed E-state index contributed by atoms with van der Waals surface area (Å²) in [7, 11) is 0. The molecule has 0 aliphatic carbocycles. The van der Waals surface area contributed by atoms with Crippen molar-refractivity contribution in [1.82, 2.24) is 4.90 Å². The van der Waals surface area contributed by atoms with Crippen LogP contribution in [-0.4, -0.2) is 66.4 Å². The van der Waals surface area contributed by atoms with E-state index in [0.717, 1.165) is 81.2 Å². The van der Waals surface area contributed by atoms with E-state index in [1.807, 2.05) is 23.2 Å². The molecule has 3 atom stereocenters. The number of hydrogen-bond donors (Lipinski definition) is 1. The van der Waals surface area contributed by atoms with Gasteiger partial charge in [-0.1, -0.05) is 44.4 Å². The van der Waals surface area contributed by atoms with E-state index in [1.165, 1.54) is 11.6 Å². The number of aliphatic carboxylic acids is 1. The van der Waals surface area contributed by atoms with Gasteiger partial charge in [-0.3, -0.25) is 19.5 Å². The molecule has 5 rings (SSSR count). The van der Waals surface area contributed by atoms with E-state index in [0.29, 0.717) is 30.8 Å². The summed E-state index contributed by atoms with van der Waals surface area (Å²) in [5.74, 6) is -1.21. The quantitative estimate of drug-likeness (QED) is 0.248. The van der Waals surface area contributed by atoms with Crippen LogP contribution in [0, 0.1) is 18.7 Å². The van der Waals surface area contributed by atoms with Crippen LogP contribution in [0.3, 0.4) is 0 Å². The van der Waals surface area contributed by atoms with Gasteiger partial charge in [0.2, 0.25) is 5.91 Å². The topological polar surface area (TPSA) is 82.4 Å². The number of halogens is 1. The Morgan fingerprint density at radius 2 is 1.91 bits per heavy atom. The molecule has 2 aromatic carbocycles. The first-order valence-corrected chi connectivity index (χ1v) is 17.3. The lowest BCUT2D eigenvalue weighted by Gasteiger charge is -2.35. The fourth-order valence-electron chi connectivity index (χ4n) is 7.70. The number of rotatable bonds is 13. The van der Waals surface area contributed by atoms with E-state index in [1.54, 1.807) is 19.1 Å². The van der Waals surface area contributed by atoms with Crippen molar-refractivity contribution in [3.63, 3.8) is 0 Å². The predicted octanol–water partition coefficient (Wildman–Crippen LogP) is 7.50. The molecule has 0 radical (unpaired) electrons. The first-order valence-electron chi connectivity index (χ1n) is 17.3. The number of aliphatic imine (C=N–C) groups is 1. The van der Waals surface area contributed by atoms with Gasteiger partial charge in [0, 0.05) is 49.4 Å². The molecule has 2 aromatic rings. The number of fused-ring (bicyclic) bond motifs is 1. The number of carboxylic acid groups (broad SMARTS) is 1. The fraction of sp³-hybridized carbons (Fsp3) is 0.553. The molecule has 248 valence electrons. The van der Waals surface area contributed by atoms with E-state index in [-0.39, 0.29) is 36.3 Å². The highest BCUT2D eigenvalue weighted by molar-refractivity contribution is 5.95. The van der Waals surface area contributed by atoms with Crippen molar-refractivity contribution in [3.8, 4) is 5.75 Å². The molecule has 1 saturated heterocycles. The largest absolute Gasteiger partial charge is 0.493 e. The number of ether oxygens (including phenoxy) is 1. The predicted molar refractivity (Wildman–Crippen MR) is 182 cm³/mol. The lowest BCUT2D eigenvalue weighted by atomic mass is 9.82.